The van der Waals surface area contributed by atoms with Crippen LogP contribution in [0.15, 0.2) is 65.7 Å². The van der Waals surface area contributed by atoms with Crippen LogP contribution in [0.3, 0.4) is 0 Å². The van der Waals surface area contributed by atoms with Crippen molar-refractivity contribution in [2.75, 3.05) is 13.2 Å². The summed E-state index contributed by atoms with van der Waals surface area (Å²) in [7, 11) is 0. The molecule has 0 saturated heterocycles. The molecule has 0 N–H and O–H groups in total. The summed E-state index contributed by atoms with van der Waals surface area (Å²) in [6, 6.07) is 19.3. The molecule has 3 aromatic carbocycles. The van der Waals surface area contributed by atoms with E-state index in [9.17, 15) is 4.79 Å². The van der Waals surface area contributed by atoms with Crippen molar-refractivity contribution in [1.82, 2.24) is 4.57 Å². The summed E-state index contributed by atoms with van der Waals surface area (Å²) in [6.07, 6.45) is 0. The molecule has 0 spiro atoms. The normalized spacial score (nSPS) is 12.1. The lowest BCUT2D eigenvalue weighted by Gasteiger charge is -2.05. The summed E-state index contributed by atoms with van der Waals surface area (Å²) in [5, 5.41) is 2.79. The summed E-state index contributed by atoms with van der Waals surface area (Å²) >= 11 is 7.60. The van der Waals surface area contributed by atoms with E-state index < -0.39 is 0 Å². The van der Waals surface area contributed by atoms with E-state index in [1.165, 1.54) is 11.3 Å². The number of nitrogens with zero attached hydrogens (tertiary/aromatic N) is 2. The van der Waals surface area contributed by atoms with Crippen LogP contribution in [-0.4, -0.2) is 23.7 Å². The first-order chi connectivity index (χ1) is 13.7. The number of benzene rings is 3. The van der Waals surface area contributed by atoms with Crippen molar-refractivity contribution in [3.05, 3.63) is 76.1 Å². The highest BCUT2D eigenvalue weighted by Gasteiger charge is 2.10. The molecule has 4 aromatic rings. The SMILES string of the molecule is CCOCCn1c(=NC(=O)c2ccc3ccccc3c2)sc2cc(Cl)ccc21. The highest BCUT2D eigenvalue weighted by Crippen LogP contribution is 2.22. The first kappa shape index (κ1) is 18.9. The molecule has 4 nitrogen and oxygen atoms in total. The number of amides is 1. The molecule has 0 radical (unpaired) electrons. The Morgan fingerprint density at radius 3 is 2.75 bits per heavy atom. The number of fused-ring (bicyclic) bond motifs is 2. The average Bonchev–Trinajstić information content (AvgIpc) is 3.04. The molecule has 0 aliphatic rings. The van der Waals surface area contributed by atoms with Crippen LogP contribution < -0.4 is 4.80 Å². The third kappa shape index (κ3) is 3.87. The molecular weight excluding hydrogens is 392 g/mol. The average molecular weight is 411 g/mol. The smallest absolute Gasteiger partial charge is 0.279 e. The number of aromatic nitrogens is 1. The van der Waals surface area contributed by atoms with Gasteiger partial charge in [-0.3, -0.25) is 4.79 Å². The number of halogens is 1. The predicted molar refractivity (Wildman–Crippen MR) is 115 cm³/mol. The molecule has 0 bridgehead atoms. The fraction of sp³-hybridized carbons (Fsp3) is 0.182. The van der Waals surface area contributed by atoms with Crippen molar-refractivity contribution in [2.45, 2.75) is 13.5 Å². The van der Waals surface area contributed by atoms with Crippen molar-refractivity contribution in [3.63, 3.8) is 0 Å². The summed E-state index contributed by atoms with van der Waals surface area (Å²) in [6.45, 7) is 3.79. The van der Waals surface area contributed by atoms with Gasteiger partial charge in [-0.05, 0) is 48.0 Å². The van der Waals surface area contributed by atoms with Gasteiger partial charge in [-0.25, -0.2) is 0 Å². The van der Waals surface area contributed by atoms with E-state index in [-0.39, 0.29) is 5.91 Å². The van der Waals surface area contributed by atoms with Gasteiger partial charge in [-0.15, -0.1) is 0 Å². The van der Waals surface area contributed by atoms with Gasteiger partial charge in [0.05, 0.1) is 16.8 Å². The van der Waals surface area contributed by atoms with Crippen LogP contribution in [0.5, 0.6) is 0 Å². The highest BCUT2D eigenvalue weighted by atomic mass is 35.5. The van der Waals surface area contributed by atoms with Crippen molar-refractivity contribution in [2.24, 2.45) is 4.99 Å². The minimum absolute atomic E-state index is 0.256. The number of thiazole rings is 1. The van der Waals surface area contributed by atoms with E-state index >= 15 is 0 Å². The number of hydrogen-bond acceptors (Lipinski definition) is 3. The standard InChI is InChI=1S/C22H19ClN2O2S/c1-2-27-12-11-25-19-10-9-18(23)14-20(19)28-22(25)24-21(26)17-8-7-15-5-3-4-6-16(15)13-17/h3-10,13-14H,2,11-12H2,1H3. The zero-order valence-corrected chi connectivity index (χ0v) is 17.0. The van der Waals surface area contributed by atoms with Gasteiger partial charge in [0.25, 0.3) is 5.91 Å². The van der Waals surface area contributed by atoms with Crippen LogP contribution >= 0.6 is 22.9 Å². The Morgan fingerprint density at radius 1 is 1.11 bits per heavy atom. The fourth-order valence-electron chi connectivity index (χ4n) is 3.12. The second kappa shape index (κ2) is 8.27. The van der Waals surface area contributed by atoms with Crippen LogP contribution in [0, 0.1) is 0 Å². The van der Waals surface area contributed by atoms with E-state index in [1.54, 1.807) is 0 Å². The number of hydrogen-bond donors (Lipinski definition) is 0. The van der Waals surface area contributed by atoms with Crippen molar-refractivity contribution in [3.8, 4) is 0 Å². The highest BCUT2D eigenvalue weighted by molar-refractivity contribution is 7.16. The Labute approximate surface area is 171 Å². The summed E-state index contributed by atoms with van der Waals surface area (Å²) in [4.78, 5) is 17.9. The van der Waals surface area contributed by atoms with Gasteiger partial charge in [-0.1, -0.05) is 53.3 Å². The van der Waals surface area contributed by atoms with E-state index in [0.717, 1.165) is 21.0 Å². The molecule has 0 fully saturated rings. The van der Waals surface area contributed by atoms with Gasteiger partial charge in [0, 0.05) is 23.7 Å². The topological polar surface area (TPSA) is 43.6 Å². The molecule has 0 atom stereocenters. The molecule has 6 heteroatoms. The molecule has 4 rings (SSSR count). The second-order valence-corrected chi connectivity index (χ2v) is 7.77. The molecule has 1 amide bonds. The van der Waals surface area contributed by atoms with Crippen LogP contribution in [-0.2, 0) is 11.3 Å². The minimum Gasteiger partial charge on any atom is -0.380 e. The molecule has 0 unspecified atom stereocenters. The van der Waals surface area contributed by atoms with E-state index in [1.807, 2.05) is 72.2 Å². The van der Waals surface area contributed by atoms with Crippen molar-refractivity contribution < 1.29 is 9.53 Å². The van der Waals surface area contributed by atoms with E-state index in [0.29, 0.717) is 35.1 Å². The third-order valence-electron chi connectivity index (χ3n) is 4.50. The van der Waals surface area contributed by atoms with Gasteiger partial charge in [0.1, 0.15) is 0 Å². The first-order valence-electron chi connectivity index (χ1n) is 9.10. The Hall–Kier alpha value is -2.47. The van der Waals surface area contributed by atoms with Gasteiger partial charge >= 0.3 is 0 Å². The Balaban J connectivity index is 1.77. The lowest BCUT2D eigenvalue weighted by molar-refractivity contribution is 0.0997. The largest absolute Gasteiger partial charge is 0.380 e. The van der Waals surface area contributed by atoms with Crippen LogP contribution in [0.4, 0.5) is 0 Å². The van der Waals surface area contributed by atoms with Gasteiger partial charge in [-0.2, -0.15) is 4.99 Å². The molecule has 0 saturated carbocycles. The molecule has 142 valence electrons. The molecular formula is C22H19ClN2O2S. The third-order valence-corrected chi connectivity index (χ3v) is 5.78. The summed E-state index contributed by atoms with van der Waals surface area (Å²) in [5.41, 5.74) is 1.57. The van der Waals surface area contributed by atoms with Crippen LogP contribution in [0.25, 0.3) is 21.0 Å². The summed E-state index contributed by atoms with van der Waals surface area (Å²) in [5.74, 6) is -0.256. The second-order valence-electron chi connectivity index (χ2n) is 6.32. The van der Waals surface area contributed by atoms with Crippen molar-refractivity contribution in [1.29, 1.82) is 0 Å². The Kier molecular flexibility index (Phi) is 5.57. The number of ether oxygens (including phenoxy) is 1. The maximum absolute atomic E-state index is 12.9. The molecule has 28 heavy (non-hydrogen) atoms. The number of carbonyl (C=O) groups excluding carboxylic acids is 1. The van der Waals surface area contributed by atoms with Crippen LogP contribution in [0.1, 0.15) is 17.3 Å². The van der Waals surface area contributed by atoms with Gasteiger partial charge in [0.15, 0.2) is 4.80 Å². The predicted octanol–water partition coefficient (Wildman–Crippen LogP) is 5.29. The number of rotatable bonds is 5. The fourth-order valence-corrected chi connectivity index (χ4v) is 4.45. The summed E-state index contributed by atoms with van der Waals surface area (Å²) < 4.78 is 8.52. The monoisotopic (exact) mass is 410 g/mol. The maximum Gasteiger partial charge on any atom is 0.279 e. The lowest BCUT2D eigenvalue weighted by atomic mass is 10.1. The Morgan fingerprint density at radius 2 is 1.93 bits per heavy atom. The van der Waals surface area contributed by atoms with E-state index in [2.05, 4.69) is 4.99 Å². The van der Waals surface area contributed by atoms with E-state index in [4.69, 9.17) is 16.3 Å². The van der Waals surface area contributed by atoms with Crippen LogP contribution in [0.2, 0.25) is 5.02 Å². The van der Waals surface area contributed by atoms with Gasteiger partial charge < -0.3 is 9.30 Å². The van der Waals surface area contributed by atoms with Gasteiger partial charge in [0.2, 0.25) is 0 Å². The number of carbonyl (C=O) groups is 1. The quantitative estimate of drug-likeness (QED) is 0.420. The van der Waals surface area contributed by atoms with Crippen molar-refractivity contribution >= 4 is 49.8 Å². The first-order valence-corrected chi connectivity index (χ1v) is 10.3. The maximum atomic E-state index is 12.9. The zero-order chi connectivity index (χ0) is 19.5. The molecule has 1 heterocycles. The molecule has 0 aliphatic heterocycles. The lowest BCUT2D eigenvalue weighted by Crippen LogP contribution is -2.19. The molecule has 1 aromatic heterocycles. The Bertz CT molecular complexity index is 1230. The zero-order valence-electron chi connectivity index (χ0n) is 15.4. The molecule has 0 aliphatic carbocycles. The minimum atomic E-state index is -0.256.